The van der Waals surface area contributed by atoms with Crippen molar-refractivity contribution < 1.29 is 23.9 Å². The molecule has 1 N–H and O–H groups in total. The zero-order valence-electron chi connectivity index (χ0n) is 31.3. The van der Waals surface area contributed by atoms with Crippen LogP contribution in [0.25, 0.3) is 6.08 Å². The van der Waals surface area contributed by atoms with E-state index in [1.54, 1.807) is 0 Å². The van der Waals surface area contributed by atoms with Crippen molar-refractivity contribution in [3.05, 3.63) is 114 Å². The molecule has 3 unspecified atom stereocenters. The number of piperidine rings is 2. The normalized spacial score (nSPS) is 23.6. The Morgan fingerprint density at radius 3 is 2.19 bits per heavy atom. The zero-order valence-corrected chi connectivity index (χ0v) is 31.3. The Kier molecular flexibility index (Phi) is 12.1. The third kappa shape index (κ3) is 8.54. The molecule has 7 rings (SSSR count). The second-order valence-electron chi connectivity index (χ2n) is 15.2. The molecule has 4 heterocycles. The minimum Gasteiger partial charge on any atom is -0.447 e. The van der Waals surface area contributed by atoms with Gasteiger partial charge in [-0.1, -0.05) is 110 Å². The van der Waals surface area contributed by atoms with Crippen molar-refractivity contribution in [1.29, 1.82) is 0 Å². The summed E-state index contributed by atoms with van der Waals surface area (Å²) in [5.41, 5.74) is 2.69. The second kappa shape index (κ2) is 17.5. The molecule has 10 heteroatoms. The van der Waals surface area contributed by atoms with Crippen LogP contribution in [0.15, 0.2) is 97.1 Å². The molecule has 0 aromatic heterocycles. The summed E-state index contributed by atoms with van der Waals surface area (Å²) in [6.45, 7) is 6.80. The van der Waals surface area contributed by atoms with Crippen molar-refractivity contribution in [2.75, 3.05) is 39.3 Å². The van der Waals surface area contributed by atoms with Gasteiger partial charge < -0.3 is 24.8 Å². The van der Waals surface area contributed by atoms with Gasteiger partial charge in [-0.05, 0) is 81.3 Å². The molecule has 54 heavy (non-hydrogen) atoms. The first-order valence-corrected chi connectivity index (χ1v) is 19.8. The molecule has 4 fully saturated rings. The maximum Gasteiger partial charge on any atom is 0.411 e. The minimum atomic E-state index is -1.08. The highest BCUT2D eigenvalue weighted by Crippen LogP contribution is 2.39. The van der Waals surface area contributed by atoms with Crippen molar-refractivity contribution in [3.8, 4) is 0 Å². The number of rotatable bonds is 13. The minimum absolute atomic E-state index is 0.118. The van der Waals surface area contributed by atoms with E-state index in [1.807, 2.05) is 115 Å². The summed E-state index contributed by atoms with van der Waals surface area (Å²) in [7, 11) is 0. The number of hydrogen-bond donors (Lipinski definition) is 1. The van der Waals surface area contributed by atoms with Crippen molar-refractivity contribution >= 4 is 29.9 Å². The van der Waals surface area contributed by atoms with Crippen LogP contribution in [0.4, 0.5) is 4.79 Å². The number of hydrogen-bond acceptors (Lipinski definition) is 6. The molecule has 4 aliphatic heterocycles. The van der Waals surface area contributed by atoms with Crippen molar-refractivity contribution in [2.24, 2.45) is 5.92 Å². The van der Waals surface area contributed by atoms with Gasteiger partial charge in [0.2, 0.25) is 17.7 Å². The number of nitrogens with zero attached hydrogens (tertiary/aromatic N) is 4. The average Bonchev–Trinajstić information content (AvgIpc) is 3.59. The second-order valence-corrected chi connectivity index (χ2v) is 15.2. The van der Waals surface area contributed by atoms with Gasteiger partial charge in [0.15, 0.2) is 0 Å². The standard InChI is InChI=1S/C44H53N5O5/c1-32(35-16-8-3-9-17-35)45-42(51)38(30-40(50)47-28-23-34(24-29-47)22-27-46-25-12-5-13-26-46)48-37(21-20-33-14-6-2-7-15-33)41(43(48)52)49-39(31-54-44(49)53)36-18-10-4-11-19-36/h2-4,6-11,14-21,32,34,37-39,41H,5,12-13,22-31H2,1H3,(H,45,51)/t32-,37?,38?,39+,41?/m0/s1. The van der Waals surface area contributed by atoms with E-state index >= 15 is 0 Å². The van der Waals surface area contributed by atoms with E-state index in [9.17, 15) is 19.2 Å². The molecule has 10 nitrogen and oxygen atoms in total. The average molecular weight is 732 g/mol. The first-order chi connectivity index (χ1) is 26.4. The van der Waals surface area contributed by atoms with Gasteiger partial charge in [-0.15, -0.1) is 0 Å². The van der Waals surface area contributed by atoms with Crippen LogP contribution in [0, 0.1) is 5.92 Å². The topological polar surface area (TPSA) is 103 Å². The molecular weight excluding hydrogens is 679 g/mol. The first-order valence-electron chi connectivity index (χ1n) is 19.8. The molecule has 0 radical (unpaired) electrons. The molecule has 3 aromatic carbocycles. The smallest absolute Gasteiger partial charge is 0.411 e. The fraction of sp³-hybridized carbons (Fsp3) is 0.455. The van der Waals surface area contributed by atoms with Crippen LogP contribution in [0.5, 0.6) is 0 Å². The molecule has 0 spiro atoms. The highest BCUT2D eigenvalue weighted by molar-refractivity contribution is 5.99. The Balaban J connectivity index is 1.13. The Labute approximate surface area is 319 Å². The van der Waals surface area contributed by atoms with Gasteiger partial charge in [-0.2, -0.15) is 0 Å². The van der Waals surface area contributed by atoms with Gasteiger partial charge in [0.1, 0.15) is 18.7 Å². The maximum absolute atomic E-state index is 14.5. The number of benzene rings is 3. The summed E-state index contributed by atoms with van der Waals surface area (Å²) in [5, 5.41) is 3.11. The molecule has 0 bridgehead atoms. The van der Waals surface area contributed by atoms with Gasteiger partial charge in [-0.3, -0.25) is 19.3 Å². The van der Waals surface area contributed by atoms with E-state index in [2.05, 4.69) is 10.2 Å². The van der Waals surface area contributed by atoms with Crippen molar-refractivity contribution in [1.82, 2.24) is 24.9 Å². The van der Waals surface area contributed by atoms with Gasteiger partial charge in [0.05, 0.1) is 24.5 Å². The number of nitrogens with one attached hydrogen (secondary N) is 1. The van der Waals surface area contributed by atoms with E-state index in [0.29, 0.717) is 19.0 Å². The van der Waals surface area contributed by atoms with Gasteiger partial charge in [-0.25, -0.2) is 4.79 Å². The third-order valence-corrected chi connectivity index (χ3v) is 11.8. The van der Waals surface area contributed by atoms with Crippen LogP contribution in [-0.2, 0) is 19.1 Å². The van der Waals surface area contributed by atoms with Crippen molar-refractivity contribution in [2.45, 2.75) is 82.1 Å². The Morgan fingerprint density at radius 1 is 0.852 bits per heavy atom. The molecule has 4 aliphatic rings. The predicted octanol–water partition coefficient (Wildman–Crippen LogP) is 6.22. The molecular formula is C44H53N5O5. The van der Waals surface area contributed by atoms with E-state index in [-0.39, 0.29) is 30.9 Å². The van der Waals surface area contributed by atoms with Crippen LogP contribution >= 0.6 is 0 Å². The highest BCUT2D eigenvalue weighted by Gasteiger charge is 2.58. The summed E-state index contributed by atoms with van der Waals surface area (Å²) >= 11 is 0. The number of β-lactam (4-membered cyclic amide) rings is 1. The lowest BCUT2D eigenvalue weighted by atomic mass is 9.87. The Bertz CT molecular complexity index is 1760. The van der Waals surface area contributed by atoms with Gasteiger partial charge >= 0.3 is 6.09 Å². The fourth-order valence-electron chi connectivity index (χ4n) is 8.57. The zero-order chi connectivity index (χ0) is 37.4. The number of amides is 4. The molecule has 284 valence electrons. The molecule has 3 aromatic rings. The summed E-state index contributed by atoms with van der Waals surface area (Å²) in [4.78, 5) is 63.9. The van der Waals surface area contributed by atoms with E-state index < -0.39 is 36.2 Å². The maximum atomic E-state index is 14.5. The quantitative estimate of drug-likeness (QED) is 0.210. The van der Waals surface area contributed by atoms with Crippen molar-refractivity contribution in [3.63, 3.8) is 0 Å². The lowest BCUT2D eigenvalue weighted by molar-refractivity contribution is -0.164. The predicted molar refractivity (Wildman–Crippen MR) is 208 cm³/mol. The largest absolute Gasteiger partial charge is 0.447 e. The lowest BCUT2D eigenvalue weighted by Gasteiger charge is -2.52. The number of ether oxygens (including phenoxy) is 1. The molecule has 5 atom stereocenters. The molecule has 4 saturated heterocycles. The van der Waals surface area contributed by atoms with E-state index in [4.69, 9.17) is 4.74 Å². The number of cyclic esters (lactones) is 1. The summed E-state index contributed by atoms with van der Waals surface area (Å²) < 4.78 is 5.55. The Morgan fingerprint density at radius 2 is 1.50 bits per heavy atom. The van der Waals surface area contributed by atoms with Gasteiger partial charge in [0, 0.05) is 13.1 Å². The van der Waals surface area contributed by atoms with Crippen LogP contribution in [0.1, 0.15) is 80.6 Å². The Hall–Kier alpha value is -4.96. The first kappa shape index (κ1) is 37.4. The van der Waals surface area contributed by atoms with Crippen LogP contribution in [0.3, 0.4) is 0 Å². The number of carbonyl (C=O) groups is 4. The summed E-state index contributed by atoms with van der Waals surface area (Å²) in [5.74, 6) is -0.342. The summed E-state index contributed by atoms with van der Waals surface area (Å²) in [6.07, 6.45) is 9.99. The summed E-state index contributed by atoms with van der Waals surface area (Å²) in [6, 6.07) is 25.4. The third-order valence-electron chi connectivity index (χ3n) is 11.8. The SMILES string of the molecule is C[C@H](NC(=O)C(CC(=O)N1CCC(CCN2CCCCC2)CC1)N1C(=O)C(N2C(=O)OC[C@@H]2c2ccccc2)C1C=Cc1ccccc1)c1ccccc1. The lowest BCUT2D eigenvalue weighted by Crippen LogP contribution is -2.74. The van der Waals surface area contributed by atoms with Crippen LogP contribution < -0.4 is 5.32 Å². The fourth-order valence-corrected chi connectivity index (χ4v) is 8.57. The van der Waals surface area contributed by atoms with Gasteiger partial charge in [0.25, 0.3) is 0 Å². The number of likely N-dealkylation sites (tertiary alicyclic amines) is 3. The molecule has 0 saturated carbocycles. The van der Waals surface area contributed by atoms with E-state index in [0.717, 1.165) is 42.5 Å². The van der Waals surface area contributed by atoms with Crippen LogP contribution in [0.2, 0.25) is 0 Å². The van der Waals surface area contributed by atoms with Crippen LogP contribution in [-0.4, -0.2) is 101 Å². The molecule has 0 aliphatic carbocycles. The monoisotopic (exact) mass is 731 g/mol. The highest BCUT2D eigenvalue weighted by atomic mass is 16.6. The molecule has 4 amide bonds. The number of carbonyl (C=O) groups excluding carboxylic acids is 4. The van der Waals surface area contributed by atoms with E-state index in [1.165, 1.54) is 42.2 Å².